The molecule has 1 N–H and O–H groups in total. The van der Waals surface area contributed by atoms with E-state index in [0.717, 1.165) is 0 Å². The predicted molar refractivity (Wildman–Crippen MR) is 74.0 cm³/mol. The largest absolute Gasteiger partial charge is 0.347 e. The number of halogens is 1. The fourth-order valence-corrected chi connectivity index (χ4v) is 1.77. The Bertz CT molecular complexity index is 610. The Morgan fingerprint density at radius 3 is 2.79 bits per heavy atom. The molecule has 0 atom stereocenters. The van der Waals surface area contributed by atoms with E-state index in [1.54, 1.807) is 29.2 Å². The smallest absolute Gasteiger partial charge is 0.294 e. The third-order valence-electron chi connectivity index (χ3n) is 2.57. The Morgan fingerprint density at radius 2 is 2.21 bits per heavy atom. The third kappa shape index (κ3) is 3.03. The molecule has 0 amide bonds. The maximum atomic E-state index is 11.0. The zero-order valence-corrected chi connectivity index (χ0v) is 11.3. The standard InChI is InChI=1S/C12H13ClN4O2/c1-8(2)16-7-10(6-14-16)15-11-4-3-9(13)5-12(11)17(18)19/h3-8,15H,1-2H3. The van der Waals surface area contributed by atoms with Crippen LogP contribution in [0.1, 0.15) is 19.9 Å². The van der Waals surface area contributed by atoms with Crippen LogP contribution < -0.4 is 5.32 Å². The van der Waals surface area contributed by atoms with E-state index in [-0.39, 0.29) is 11.7 Å². The van der Waals surface area contributed by atoms with Gasteiger partial charge >= 0.3 is 0 Å². The third-order valence-corrected chi connectivity index (χ3v) is 2.80. The van der Waals surface area contributed by atoms with Crippen LogP contribution in [-0.2, 0) is 0 Å². The number of aromatic nitrogens is 2. The molecule has 0 aliphatic heterocycles. The van der Waals surface area contributed by atoms with Crippen LogP contribution in [-0.4, -0.2) is 14.7 Å². The van der Waals surface area contributed by atoms with Crippen molar-refractivity contribution in [1.82, 2.24) is 9.78 Å². The molecular weight excluding hydrogens is 268 g/mol. The second kappa shape index (κ2) is 5.27. The lowest BCUT2D eigenvalue weighted by atomic mass is 10.2. The summed E-state index contributed by atoms with van der Waals surface area (Å²) in [5.41, 5.74) is 1.02. The highest BCUT2D eigenvalue weighted by Gasteiger charge is 2.15. The Morgan fingerprint density at radius 1 is 1.47 bits per heavy atom. The minimum atomic E-state index is -0.471. The van der Waals surface area contributed by atoms with Gasteiger partial charge in [-0.2, -0.15) is 5.10 Å². The number of anilines is 2. The average molecular weight is 281 g/mol. The fraction of sp³-hybridized carbons (Fsp3) is 0.250. The molecule has 2 aromatic rings. The number of hydrogen-bond acceptors (Lipinski definition) is 4. The van der Waals surface area contributed by atoms with Gasteiger partial charge in [-0.1, -0.05) is 11.6 Å². The molecule has 1 aromatic heterocycles. The van der Waals surface area contributed by atoms with Crippen LogP contribution in [0.2, 0.25) is 5.02 Å². The zero-order valence-electron chi connectivity index (χ0n) is 10.5. The number of hydrogen-bond donors (Lipinski definition) is 1. The van der Waals surface area contributed by atoms with E-state index < -0.39 is 4.92 Å². The van der Waals surface area contributed by atoms with Gasteiger partial charge in [0, 0.05) is 23.3 Å². The quantitative estimate of drug-likeness (QED) is 0.683. The van der Waals surface area contributed by atoms with Crippen LogP contribution in [0, 0.1) is 10.1 Å². The van der Waals surface area contributed by atoms with Gasteiger partial charge in [0.05, 0.1) is 16.8 Å². The molecule has 0 saturated heterocycles. The van der Waals surface area contributed by atoms with Crippen molar-refractivity contribution < 1.29 is 4.92 Å². The monoisotopic (exact) mass is 280 g/mol. The van der Waals surface area contributed by atoms with Gasteiger partial charge in [0.25, 0.3) is 5.69 Å². The van der Waals surface area contributed by atoms with Gasteiger partial charge in [-0.05, 0) is 26.0 Å². The molecule has 0 saturated carbocycles. The normalized spacial score (nSPS) is 10.7. The first-order chi connectivity index (χ1) is 8.97. The minimum Gasteiger partial charge on any atom is -0.347 e. The summed E-state index contributed by atoms with van der Waals surface area (Å²) in [6.07, 6.45) is 3.42. The van der Waals surface area contributed by atoms with Gasteiger partial charge in [0.2, 0.25) is 0 Å². The number of nitrogens with zero attached hydrogens (tertiary/aromatic N) is 3. The van der Waals surface area contributed by atoms with Crippen molar-refractivity contribution in [3.8, 4) is 0 Å². The summed E-state index contributed by atoms with van der Waals surface area (Å²) >= 11 is 5.76. The molecule has 6 nitrogen and oxygen atoms in total. The lowest BCUT2D eigenvalue weighted by molar-refractivity contribution is -0.383. The minimum absolute atomic E-state index is 0.0650. The van der Waals surface area contributed by atoms with Crippen molar-refractivity contribution in [2.24, 2.45) is 0 Å². The van der Waals surface area contributed by atoms with Crippen molar-refractivity contribution in [2.45, 2.75) is 19.9 Å². The van der Waals surface area contributed by atoms with Crippen LogP contribution in [0.3, 0.4) is 0 Å². The lowest BCUT2D eigenvalue weighted by Crippen LogP contribution is -2.00. The molecule has 1 heterocycles. The lowest BCUT2D eigenvalue weighted by Gasteiger charge is -2.05. The molecule has 100 valence electrons. The molecule has 0 unspecified atom stereocenters. The van der Waals surface area contributed by atoms with E-state index in [9.17, 15) is 10.1 Å². The Labute approximate surface area is 115 Å². The first-order valence-corrected chi connectivity index (χ1v) is 6.10. The Hall–Kier alpha value is -2.08. The number of nitro groups is 1. The summed E-state index contributed by atoms with van der Waals surface area (Å²) < 4.78 is 1.77. The van der Waals surface area contributed by atoms with Crippen molar-refractivity contribution in [2.75, 3.05) is 5.32 Å². The zero-order chi connectivity index (χ0) is 14.0. The van der Waals surface area contributed by atoms with Gasteiger partial charge < -0.3 is 5.32 Å². The van der Waals surface area contributed by atoms with Crippen molar-refractivity contribution in [3.63, 3.8) is 0 Å². The van der Waals surface area contributed by atoms with Gasteiger partial charge in [0.1, 0.15) is 5.69 Å². The van der Waals surface area contributed by atoms with Crippen LogP contribution in [0.5, 0.6) is 0 Å². The van der Waals surface area contributed by atoms with E-state index in [0.29, 0.717) is 16.4 Å². The first kappa shape index (κ1) is 13.4. The van der Waals surface area contributed by atoms with Crippen molar-refractivity contribution in [1.29, 1.82) is 0 Å². The molecule has 0 aliphatic carbocycles. The molecule has 0 bridgehead atoms. The van der Waals surface area contributed by atoms with E-state index in [1.807, 2.05) is 13.8 Å². The fourth-order valence-electron chi connectivity index (χ4n) is 1.60. The molecule has 7 heteroatoms. The summed E-state index contributed by atoms with van der Waals surface area (Å²) in [6, 6.07) is 4.73. The summed E-state index contributed by atoms with van der Waals surface area (Å²) in [5, 5.41) is 18.4. The molecule has 2 rings (SSSR count). The van der Waals surface area contributed by atoms with Gasteiger partial charge in [-0.15, -0.1) is 0 Å². The van der Waals surface area contributed by atoms with Crippen LogP contribution in [0.4, 0.5) is 17.1 Å². The summed E-state index contributed by atoms with van der Waals surface area (Å²) in [5.74, 6) is 0. The van der Waals surface area contributed by atoms with E-state index >= 15 is 0 Å². The first-order valence-electron chi connectivity index (χ1n) is 5.72. The van der Waals surface area contributed by atoms with E-state index in [1.165, 1.54) is 6.07 Å². The number of nitrogens with one attached hydrogen (secondary N) is 1. The van der Waals surface area contributed by atoms with Crippen LogP contribution in [0.25, 0.3) is 0 Å². The highest BCUT2D eigenvalue weighted by molar-refractivity contribution is 6.30. The predicted octanol–water partition coefficient (Wildman–Crippen LogP) is 3.77. The molecule has 19 heavy (non-hydrogen) atoms. The Kier molecular flexibility index (Phi) is 3.71. The summed E-state index contributed by atoms with van der Waals surface area (Å²) in [4.78, 5) is 10.5. The molecule has 1 aromatic carbocycles. The van der Waals surface area contributed by atoms with Crippen LogP contribution in [0.15, 0.2) is 30.6 Å². The molecular formula is C12H13ClN4O2. The Balaban J connectivity index is 2.29. The molecule has 0 spiro atoms. The number of benzene rings is 1. The molecule has 0 fully saturated rings. The highest BCUT2D eigenvalue weighted by Crippen LogP contribution is 2.30. The van der Waals surface area contributed by atoms with E-state index in [4.69, 9.17) is 11.6 Å². The topological polar surface area (TPSA) is 73.0 Å². The second-order valence-corrected chi connectivity index (χ2v) is 4.78. The second-order valence-electron chi connectivity index (χ2n) is 4.35. The molecule has 0 radical (unpaired) electrons. The van der Waals surface area contributed by atoms with Gasteiger partial charge in [-0.25, -0.2) is 0 Å². The van der Waals surface area contributed by atoms with Crippen molar-refractivity contribution >= 4 is 28.7 Å². The highest BCUT2D eigenvalue weighted by atomic mass is 35.5. The summed E-state index contributed by atoms with van der Waals surface area (Å²) in [7, 11) is 0. The number of nitro benzene ring substituents is 1. The average Bonchev–Trinajstić information content (AvgIpc) is 2.80. The van der Waals surface area contributed by atoms with Gasteiger partial charge in [0.15, 0.2) is 0 Å². The van der Waals surface area contributed by atoms with Gasteiger partial charge in [-0.3, -0.25) is 14.8 Å². The van der Waals surface area contributed by atoms with Crippen LogP contribution >= 0.6 is 11.6 Å². The van der Waals surface area contributed by atoms with Crippen molar-refractivity contribution in [3.05, 3.63) is 45.7 Å². The maximum Gasteiger partial charge on any atom is 0.294 e. The van der Waals surface area contributed by atoms with E-state index in [2.05, 4.69) is 10.4 Å². The maximum absolute atomic E-state index is 11.0. The summed E-state index contributed by atoms with van der Waals surface area (Å²) in [6.45, 7) is 4.00. The SMILES string of the molecule is CC(C)n1cc(Nc2ccc(Cl)cc2[N+](=O)[O-])cn1. The number of rotatable bonds is 4. The molecule has 0 aliphatic rings.